The van der Waals surface area contributed by atoms with Crippen LogP contribution in [0.15, 0.2) is 57.7 Å². The number of carbonyl (C=O) groups is 1. The summed E-state index contributed by atoms with van der Waals surface area (Å²) in [5, 5.41) is 0.666. The van der Waals surface area contributed by atoms with Crippen LogP contribution in [-0.2, 0) is 0 Å². The molecule has 1 aliphatic heterocycles. The fourth-order valence-electron chi connectivity index (χ4n) is 4.07. The molecule has 6 heteroatoms. The highest BCUT2D eigenvalue weighted by Gasteiger charge is 2.26. The predicted octanol–water partition coefficient (Wildman–Crippen LogP) is 4.22. The average molecular weight is 407 g/mol. The highest BCUT2D eigenvalue weighted by Crippen LogP contribution is 2.29. The lowest BCUT2D eigenvalue weighted by atomic mass is 9.94. The van der Waals surface area contributed by atoms with Gasteiger partial charge in [-0.2, -0.15) is 0 Å². The molecule has 1 aliphatic rings. The predicted molar refractivity (Wildman–Crippen MR) is 115 cm³/mol. The summed E-state index contributed by atoms with van der Waals surface area (Å²) in [4.78, 5) is 27.7. The van der Waals surface area contributed by atoms with E-state index in [0.29, 0.717) is 29.8 Å². The Kier molecular flexibility index (Phi) is 5.74. The number of benzene rings is 2. The minimum atomic E-state index is -0.637. The van der Waals surface area contributed by atoms with Crippen LogP contribution in [0.5, 0.6) is 11.5 Å². The Morgan fingerprint density at radius 2 is 1.87 bits per heavy atom. The molecule has 1 fully saturated rings. The van der Waals surface area contributed by atoms with E-state index in [0.717, 1.165) is 25.0 Å². The Morgan fingerprint density at radius 1 is 1.07 bits per heavy atom. The summed E-state index contributed by atoms with van der Waals surface area (Å²) >= 11 is 0. The number of fused-ring (bicyclic) bond motifs is 1. The zero-order valence-electron chi connectivity index (χ0n) is 17.2. The third-order valence-electron chi connectivity index (χ3n) is 5.72. The van der Waals surface area contributed by atoms with Crippen LogP contribution in [0.3, 0.4) is 0 Å². The Morgan fingerprint density at radius 3 is 2.60 bits per heavy atom. The van der Waals surface area contributed by atoms with E-state index in [1.807, 2.05) is 24.3 Å². The van der Waals surface area contributed by atoms with Crippen LogP contribution in [0.25, 0.3) is 11.0 Å². The molecule has 0 saturated carbocycles. The minimum Gasteiger partial charge on any atom is -0.497 e. The molecule has 0 bridgehead atoms. The topological polar surface area (TPSA) is 69.0 Å². The summed E-state index contributed by atoms with van der Waals surface area (Å²) in [6.07, 6.45) is 2.94. The number of ether oxygens (including phenoxy) is 2. The van der Waals surface area contributed by atoms with Crippen LogP contribution in [0, 0.1) is 0 Å². The van der Waals surface area contributed by atoms with Crippen molar-refractivity contribution in [1.29, 1.82) is 0 Å². The van der Waals surface area contributed by atoms with E-state index in [4.69, 9.17) is 13.9 Å². The van der Waals surface area contributed by atoms with Gasteiger partial charge in [-0.3, -0.25) is 4.79 Å². The maximum atomic E-state index is 13.3. The Hall–Kier alpha value is -3.28. The van der Waals surface area contributed by atoms with Gasteiger partial charge in [0.1, 0.15) is 11.3 Å². The second-order valence-electron chi connectivity index (χ2n) is 7.54. The van der Waals surface area contributed by atoms with Gasteiger partial charge in [0.2, 0.25) is 0 Å². The van der Waals surface area contributed by atoms with Crippen molar-refractivity contribution in [3.63, 3.8) is 0 Å². The lowest BCUT2D eigenvalue weighted by Crippen LogP contribution is -2.36. The first-order chi connectivity index (χ1) is 14.6. The quantitative estimate of drug-likeness (QED) is 0.606. The number of hydrogen-bond donors (Lipinski definition) is 0. The first-order valence-electron chi connectivity index (χ1n) is 10.1. The largest absolute Gasteiger partial charge is 0.497 e. The summed E-state index contributed by atoms with van der Waals surface area (Å²) in [5.41, 5.74) is 0.952. The molecule has 0 radical (unpaired) electrons. The summed E-state index contributed by atoms with van der Waals surface area (Å²) < 4.78 is 16.0. The van der Waals surface area contributed by atoms with Crippen LogP contribution in [0.2, 0.25) is 0 Å². The molecule has 1 amide bonds. The molecule has 156 valence electrons. The summed E-state index contributed by atoms with van der Waals surface area (Å²) in [5.74, 6) is 1.21. The number of hydrogen-bond acceptors (Lipinski definition) is 5. The van der Waals surface area contributed by atoms with E-state index in [-0.39, 0.29) is 17.4 Å². The van der Waals surface area contributed by atoms with Crippen LogP contribution in [0.1, 0.15) is 41.1 Å². The van der Waals surface area contributed by atoms with Gasteiger partial charge in [-0.05, 0) is 42.7 Å². The van der Waals surface area contributed by atoms with Gasteiger partial charge in [0.05, 0.1) is 14.2 Å². The number of amides is 1. The van der Waals surface area contributed by atoms with Crippen molar-refractivity contribution in [3.8, 4) is 11.5 Å². The lowest BCUT2D eigenvalue weighted by molar-refractivity contribution is 0.0750. The third-order valence-corrected chi connectivity index (χ3v) is 5.72. The van der Waals surface area contributed by atoms with Crippen molar-refractivity contribution >= 4 is 16.9 Å². The molecule has 0 N–H and O–H groups in total. The molecule has 1 saturated heterocycles. The SMILES string of the molecule is COc1ccc(C2CCCCN(C(=O)c3cc4cccc(OC)c4oc3=O)C2)cc1. The molecule has 4 rings (SSSR count). The number of para-hydroxylation sites is 1. The minimum absolute atomic E-state index is 0.0612. The fraction of sp³-hybridized carbons (Fsp3) is 0.333. The molecule has 6 nitrogen and oxygen atoms in total. The van der Waals surface area contributed by atoms with Gasteiger partial charge in [-0.25, -0.2) is 4.79 Å². The van der Waals surface area contributed by atoms with Gasteiger partial charge in [-0.1, -0.05) is 30.7 Å². The number of carbonyl (C=O) groups excluding carboxylic acids is 1. The van der Waals surface area contributed by atoms with Crippen molar-refractivity contribution < 1.29 is 18.7 Å². The number of likely N-dealkylation sites (tertiary alicyclic amines) is 1. The van der Waals surface area contributed by atoms with Gasteiger partial charge in [0, 0.05) is 24.4 Å². The molecular weight excluding hydrogens is 382 g/mol. The van der Waals surface area contributed by atoms with Crippen molar-refractivity contribution in [1.82, 2.24) is 4.90 Å². The smallest absolute Gasteiger partial charge is 0.349 e. The zero-order valence-corrected chi connectivity index (χ0v) is 17.2. The van der Waals surface area contributed by atoms with Crippen LogP contribution >= 0.6 is 0 Å². The molecule has 1 aromatic heterocycles. The van der Waals surface area contributed by atoms with Crippen molar-refractivity contribution in [2.45, 2.75) is 25.2 Å². The summed E-state index contributed by atoms with van der Waals surface area (Å²) in [6, 6.07) is 14.9. The first-order valence-corrected chi connectivity index (χ1v) is 10.1. The molecule has 1 unspecified atom stereocenters. The first kappa shape index (κ1) is 20.0. The Labute approximate surface area is 175 Å². The standard InChI is InChI=1S/C24H25NO5/c1-28-19-11-9-16(10-12-19)18-6-3-4-13-25(15-18)23(26)20-14-17-7-5-8-21(29-2)22(17)30-24(20)27/h5,7-12,14,18H,3-4,6,13,15H2,1-2H3. The van der Waals surface area contributed by atoms with E-state index in [1.165, 1.54) is 12.7 Å². The van der Waals surface area contributed by atoms with Crippen molar-refractivity contribution in [2.24, 2.45) is 0 Å². The number of nitrogens with zero attached hydrogens (tertiary/aromatic N) is 1. The van der Waals surface area contributed by atoms with E-state index in [2.05, 4.69) is 0 Å². The van der Waals surface area contributed by atoms with Gasteiger partial charge in [-0.15, -0.1) is 0 Å². The molecule has 1 atom stereocenters. The normalized spacial score (nSPS) is 16.9. The third kappa shape index (κ3) is 3.90. The van der Waals surface area contributed by atoms with Gasteiger partial charge in [0.15, 0.2) is 11.3 Å². The zero-order chi connectivity index (χ0) is 21.1. The average Bonchev–Trinajstić information content (AvgIpc) is 3.04. The molecule has 30 heavy (non-hydrogen) atoms. The van der Waals surface area contributed by atoms with Crippen molar-refractivity contribution in [2.75, 3.05) is 27.3 Å². The summed E-state index contributed by atoms with van der Waals surface area (Å²) in [7, 11) is 3.16. The second kappa shape index (κ2) is 8.61. The van der Waals surface area contributed by atoms with Crippen LogP contribution < -0.4 is 15.1 Å². The number of rotatable bonds is 4. The van der Waals surface area contributed by atoms with Gasteiger partial charge < -0.3 is 18.8 Å². The van der Waals surface area contributed by atoms with Gasteiger partial charge >= 0.3 is 5.63 Å². The fourth-order valence-corrected chi connectivity index (χ4v) is 4.07. The highest BCUT2D eigenvalue weighted by molar-refractivity contribution is 5.97. The second-order valence-corrected chi connectivity index (χ2v) is 7.54. The van der Waals surface area contributed by atoms with Crippen LogP contribution in [-0.4, -0.2) is 38.1 Å². The molecule has 2 heterocycles. The maximum absolute atomic E-state index is 13.3. The molecular formula is C24H25NO5. The van der Waals surface area contributed by atoms with E-state index >= 15 is 0 Å². The summed E-state index contributed by atoms with van der Waals surface area (Å²) in [6.45, 7) is 1.20. The van der Waals surface area contributed by atoms with E-state index in [9.17, 15) is 9.59 Å². The van der Waals surface area contributed by atoms with Gasteiger partial charge in [0.25, 0.3) is 5.91 Å². The van der Waals surface area contributed by atoms with Crippen molar-refractivity contribution in [3.05, 3.63) is 70.1 Å². The molecule has 0 aliphatic carbocycles. The Bertz CT molecular complexity index is 1100. The van der Waals surface area contributed by atoms with Crippen LogP contribution in [0.4, 0.5) is 0 Å². The monoisotopic (exact) mass is 407 g/mol. The molecule has 3 aromatic rings. The maximum Gasteiger partial charge on any atom is 0.349 e. The number of methoxy groups -OCH3 is 2. The lowest BCUT2D eigenvalue weighted by Gasteiger charge is -2.24. The molecule has 2 aromatic carbocycles. The Balaban J connectivity index is 1.63. The van der Waals surface area contributed by atoms with E-state index < -0.39 is 5.63 Å². The van der Waals surface area contributed by atoms with E-state index in [1.54, 1.807) is 36.3 Å². The molecule has 0 spiro atoms. The highest BCUT2D eigenvalue weighted by atomic mass is 16.5.